The molecule has 2 N–H and O–H groups in total. The monoisotopic (exact) mass is 652 g/mol. The molecule has 0 atom stereocenters. The van der Waals surface area contributed by atoms with Crippen LogP contribution in [0.5, 0.6) is 11.5 Å². The van der Waals surface area contributed by atoms with Gasteiger partial charge in [0.1, 0.15) is 11.5 Å². The van der Waals surface area contributed by atoms with Crippen LogP contribution in [0.3, 0.4) is 0 Å². The number of carbonyl (C=O) groups excluding carboxylic acids is 2. The molecular weight excluding hydrogens is 624 g/mol. The molecule has 2 amide bonds. The SMILES string of the molecule is O=C(Nc1ccc(NC(=O)C(=Cc2ccc(OC(F)F)cc2)c2ccccc2)cc1)C(=Cc1ccc(OC(F)F)cc1)c1ccccc1. The molecule has 0 heterocycles. The zero-order chi connectivity index (χ0) is 33.9. The number of halogens is 4. The highest BCUT2D eigenvalue weighted by Crippen LogP contribution is 2.26. The van der Waals surface area contributed by atoms with Crippen LogP contribution < -0.4 is 20.1 Å². The van der Waals surface area contributed by atoms with Crippen LogP contribution in [0.2, 0.25) is 0 Å². The first-order valence-electron chi connectivity index (χ1n) is 14.6. The molecule has 0 radical (unpaired) electrons. The number of benzene rings is 5. The highest BCUT2D eigenvalue weighted by atomic mass is 19.3. The maximum absolute atomic E-state index is 13.5. The molecular formula is C38H28F4N2O4. The quantitative estimate of drug-likeness (QED) is 0.0801. The van der Waals surface area contributed by atoms with Crippen molar-refractivity contribution in [3.8, 4) is 11.5 Å². The summed E-state index contributed by atoms with van der Waals surface area (Å²) in [5.74, 6) is -0.819. The van der Waals surface area contributed by atoms with Crippen LogP contribution in [-0.4, -0.2) is 25.0 Å². The number of alkyl halides is 4. The van der Waals surface area contributed by atoms with Crippen LogP contribution >= 0.6 is 0 Å². The van der Waals surface area contributed by atoms with Crippen LogP contribution in [0.25, 0.3) is 23.3 Å². The molecule has 0 aliphatic heterocycles. The molecule has 0 saturated heterocycles. The molecule has 10 heteroatoms. The Bertz CT molecular complexity index is 1740. The molecule has 0 bridgehead atoms. The first kappa shape index (κ1) is 33.2. The van der Waals surface area contributed by atoms with E-state index in [1.807, 2.05) is 12.1 Å². The van der Waals surface area contributed by atoms with E-state index in [9.17, 15) is 27.2 Å². The lowest BCUT2D eigenvalue weighted by Gasteiger charge is -2.12. The van der Waals surface area contributed by atoms with E-state index in [4.69, 9.17) is 0 Å². The number of nitrogens with one attached hydrogen (secondary N) is 2. The highest BCUT2D eigenvalue weighted by Gasteiger charge is 2.15. The first-order valence-corrected chi connectivity index (χ1v) is 14.6. The number of carbonyl (C=O) groups is 2. The largest absolute Gasteiger partial charge is 0.435 e. The summed E-state index contributed by atoms with van der Waals surface area (Å²) < 4.78 is 59.0. The van der Waals surface area contributed by atoms with Gasteiger partial charge in [0.2, 0.25) is 0 Å². The van der Waals surface area contributed by atoms with Gasteiger partial charge in [0.15, 0.2) is 0 Å². The lowest BCUT2D eigenvalue weighted by atomic mass is 10.0. The van der Waals surface area contributed by atoms with E-state index in [0.717, 1.165) is 0 Å². The first-order chi connectivity index (χ1) is 23.2. The molecule has 0 aliphatic carbocycles. The molecule has 0 spiro atoms. The minimum atomic E-state index is -2.94. The van der Waals surface area contributed by atoms with Crippen molar-refractivity contribution in [3.05, 3.63) is 156 Å². The number of amides is 2. The maximum Gasteiger partial charge on any atom is 0.387 e. The summed E-state index contributed by atoms with van der Waals surface area (Å²) >= 11 is 0. The second-order valence-corrected chi connectivity index (χ2v) is 10.2. The molecule has 5 rings (SSSR count). The van der Waals surface area contributed by atoms with Crippen molar-refractivity contribution in [1.82, 2.24) is 0 Å². The predicted octanol–water partition coefficient (Wildman–Crippen LogP) is 9.25. The zero-order valence-corrected chi connectivity index (χ0v) is 25.2. The van der Waals surface area contributed by atoms with Gasteiger partial charge in [-0.15, -0.1) is 0 Å². The van der Waals surface area contributed by atoms with Crippen LogP contribution in [0.1, 0.15) is 22.3 Å². The van der Waals surface area contributed by atoms with Crippen LogP contribution in [-0.2, 0) is 9.59 Å². The lowest BCUT2D eigenvalue weighted by molar-refractivity contribution is -0.111. The Morgan fingerprint density at radius 3 is 1.12 bits per heavy atom. The predicted molar refractivity (Wildman–Crippen MR) is 178 cm³/mol. The minimum Gasteiger partial charge on any atom is -0.435 e. The van der Waals surface area contributed by atoms with Crippen molar-refractivity contribution in [1.29, 1.82) is 0 Å². The average molecular weight is 653 g/mol. The number of hydrogen-bond acceptors (Lipinski definition) is 4. The Morgan fingerprint density at radius 2 is 0.812 bits per heavy atom. The maximum atomic E-state index is 13.5. The summed E-state index contributed by atoms with van der Waals surface area (Å²) in [6.45, 7) is -5.89. The Labute approximate surface area is 274 Å². The van der Waals surface area contributed by atoms with E-state index in [0.29, 0.717) is 44.8 Å². The second-order valence-electron chi connectivity index (χ2n) is 10.2. The standard InChI is InChI=1S/C38H28F4N2O4/c39-37(40)47-31-19-11-25(12-20-31)23-33(27-7-3-1-4-8-27)35(45)43-29-15-17-30(18-16-29)44-36(46)34(28-9-5-2-6-10-28)24-26-13-21-32(22-14-26)48-38(41)42/h1-24,37-38H,(H,43,45)(H,44,46). The normalized spacial score (nSPS) is 11.7. The third kappa shape index (κ3) is 9.43. The fourth-order valence-electron chi connectivity index (χ4n) is 4.65. The van der Waals surface area contributed by atoms with Crippen molar-refractivity contribution in [2.45, 2.75) is 13.2 Å². The summed E-state index contributed by atoms with van der Waals surface area (Å²) in [4.78, 5) is 26.9. The molecule has 5 aromatic rings. The highest BCUT2D eigenvalue weighted by molar-refractivity contribution is 6.30. The van der Waals surface area contributed by atoms with Crippen molar-refractivity contribution in [2.24, 2.45) is 0 Å². The second kappa shape index (κ2) is 15.9. The molecule has 0 aromatic heterocycles. The van der Waals surface area contributed by atoms with E-state index >= 15 is 0 Å². The Kier molecular flexibility index (Phi) is 11.0. The fraction of sp³-hybridized carbons (Fsp3) is 0.0526. The van der Waals surface area contributed by atoms with E-state index < -0.39 is 25.0 Å². The van der Waals surface area contributed by atoms with Crippen LogP contribution in [0, 0.1) is 0 Å². The Morgan fingerprint density at radius 1 is 0.479 bits per heavy atom. The Balaban J connectivity index is 1.32. The fourth-order valence-corrected chi connectivity index (χ4v) is 4.65. The van der Waals surface area contributed by atoms with Gasteiger partial charge in [-0.25, -0.2) is 0 Å². The molecule has 0 saturated carbocycles. The van der Waals surface area contributed by atoms with E-state index in [1.165, 1.54) is 24.3 Å². The van der Waals surface area contributed by atoms with Gasteiger partial charge in [-0.3, -0.25) is 9.59 Å². The van der Waals surface area contributed by atoms with Crippen molar-refractivity contribution >= 4 is 46.5 Å². The van der Waals surface area contributed by atoms with Crippen LogP contribution in [0.4, 0.5) is 28.9 Å². The molecule has 6 nitrogen and oxygen atoms in total. The summed E-state index contributed by atoms with van der Waals surface area (Å²) in [6, 6.07) is 36.4. The van der Waals surface area contributed by atoms with Crippen LogP contribution in [0.15, 0.2) is 133 Å². The van der Waals surface area contributed by atoms with Gasteiger partial charge in [0, 0.05) is 22.5 Å². The summed E-state index contributed by atoms with van der Waals surface area (Å²) in [7, 11) is 0. The summed E-state index contributed by atoms with van der Waals surface area (Å²) in [5, 5.41) is 5.73. The Hall–Kier alpha value is -6.16. The lowest BCUT2D eigenvalue weighted by Crippen LogP contribution is -2.15. The smallest absolute Gasteiger partial charge is 0.387 e. The van der Waals surface area contributed by atoms with Gasteiger partial charge < -0.3 is 20.1 Å². The van der Waals surface area contributed by atoms with Gasteiger partial charge >= 0.3 is 13.2 Å². The van der Waals surface area contributed by atoms with Crippen molar-refractivity contribution < 1.29 is 36.6 Å². The molecule has 242 valence electrons. The third-order valence-electron chi connectivity index (χ3n) is 6.89. The minimum absolute atomic E-state index is 0.00258. The van der Waals surface area contributed by atoms with Gasteiger partial charge in [0.25, 0.3) is 11.8 Å². The molecule has 48 heavy (non-hydrogen) atoms. The average Bonchev–Trinajstić information content (AvgIpc) is 3.08. The number of hydrogen-bond donors (Lipinski definition) is 2. The number of rotatable bonds is 12. The van der Waals surface area contributed by atoms with E-state index in [2.05, 4.69) is 20.1 Å². The molecule has 0 aliphatic rings. The van der Waals surface area contributed by atoms with Gasteiger partial charge in [0.05, 0.1) is 0 Å². The van der Waals surface area contributed by atoms with Gasteiger partial charge in [-0.2, -0.15) is 17.6 Å². The molecule has 0 unspecified atom stereocenters. The van der Waals surface area contributed by atoms with E-state index in [-0.39, 0.29) is 11.5 Å². The summed E-state index contributed by atoms with van der Waals surface area (Å²) in [5.41, 5.74) is 4.08. The third-order valence-corrected chi connectivity index (χ3v) is 6.89. The topological polar surface area (TPSA) is 76.7 Å². The van der Waals surface area contributed by atoms with Crippen molar-refractivity contribution in [3.63, 3.8) is 0 Å². The van der Waals surface area contributed by atoms with Crippen molar-refractivity contribution in [2.75, 3.05) is 10.6 Å². The molecule has 0 fully saturated rings. The number of anilines is 2. The van der Waals surface area contributed by atoms with Gasteiger partial charge in [-0.1, -0.05) is 84.9 Å². The van der Waals surface area contributed by atoms with Gasteiger partial charge in [-0.05, 0) is 82.9 Å². The molecule has 5 aromatic carbocycles. The summed E-state index contributed by atoms with van der Waals surface area (Å²) in [6.07, 6.45) is 3.28. The zero-order valence-electron chi connectivity index (χ0n) is 25.2. The van der Waals surface area contributed by atoms with E-state index in [1.54, 1.807) is 109 Å². The number of ether oxygens (including phenoxy) is 2.